The third-order valence-corrected chi connectivity index (χ3v) is 4.40. The molecule has 1 atom stereocenters. The van der Waals surface area contributed by atoms with Crippen molar-refractivity contribution in [3.8, 4) is 0 Å². The number of imide groups is 1. The lowest BCUT2D eigenvalue weighted by molar-refractivity contribution is -0.136. The summed E-state index contributed by atoms with van der Waals surface area (Å²) >= 11 is 0. The Morgan fingerprint density at radius 1 is 1.30 bits per heavy atom. The van der Waals surface area contributed by atoms with Crippen LogP contribution in [-0.2, 0) is 16.1 Å². The number of hydrogen-bond acceptors (Lipinski definition) is 4. The van der Waals surface area contributed by atoms with Crippen LogP contribution in [0.4, 0.5) is 5.69 Å². The molecular formula is C17H21N3O3. The van der Waals surface area contributed by atoms with Gasteiger partial charge in [0.05, 0.1) is 5.56 Å². The largest absolute Gasteiger partial charge is 0.384 e. The van der Waals surface area contributed by atoms with Crippen molar-refractivity contribution in [2.45, 2.75) is 45.2 Å². The van der Waals surface area contributed by atoms with Crippen molar-refractivity contribution in [2.24, 2.45) is 0 Å². The second kappa shape index (κ2) is 6.40. The number of amides is 3. The highest BCUT2D eigenvalue weighted by Crippen LogP contribution is 2.32. The third kappa shape index (κ3) is 2.93. The molecule has 0 aliphatic carbocycles. The molecule has 3 rings (SSSR count). The van der Waals surface area contributed by atoms with Crippen LogP contribution in [0.15, 0.2) is 18.2 Å². The molecule has 6 nitrogen and oxygen atoms in total. The first kappa shape index (κ1) is 15.5. The molecule has 1 fully saturated rings. The molecule has 0 bridgehead atoms. The standard InChI is InChI=1S/C17H21N3O3/c1-2-3-9-18-12-6-4-5-11-10-20(17(23)15(11)12)13-7-8-14(21)19-16(13)22/h4-6,13,18H,2-3,7-10H2,1H3,(H,19,21,22). The molecule has 1 unspecified atom stereocenters. The molecule has 1 saturated heterocycles. The fourth-order valence-electron chi connectivity index (χ4n) is 3.16. The van der Waals surface area contributed by atoms with Gasteiger partial charge in [-0.1, -0.05) is 25.5 Å². The van der Waals surface area contributed by atoms with Crippen LogP contribution in [0.2, 0.25) is 0 Å². The van der Waals surface area contributed by atoms with Gasteiger partial charge < -0.3 is 10.2 Å². The number of unbranched alkanes of at least 4 members (excludes halogenated alkanes) is 1. The van der Waals surface area contributed by atoms with Gasteiger partial charge in [-0.2, -0.15) is 0 Å². The van der Waals surface area contributed by atoms with Gasteiger partial charge in [0.2, 0.25) is 11.8 Å². The Balaban J connectivity index is 1.80. The fraction of sp³-hybridized carbons (Fsp3) is 0.471. The van der Waals surface area contributed by atoms with E-state index >= 15 is 0 Å². The number of fused-ring (bicyclic) bond motifs is 1. The number of rotatable bonds is 5. The Hall–Kier alpha value is -2.37. The van der Waals surface area contributed by atoms with Crippen molar-refractivity contribution in [1.29, 1.82) is 0 Å². The van der Waals surface area contributed by atoms with Gasteiger partial charge in [-0.3, -0.25) is 19.7 Å². The number of piperidine rings is 1. The second-order valence-corrected chi connectivity index (χ2v) is 6.02. The van der Waals surface area contributed by atoms with Crippen molar-refractivity contribution in [1.82, 2.24) is 10.2 Å². The van der Waals surface area contributed by atoms with E-state index in [-0.39, 0.29) is 24.1 Å². The first-order valence-electron chi connectivity index (χ1n) is 8.12. The van der Waals surface area contributed by atoms with Crippen LogP contribution in [-0.4, -0.2) is 35.2 Å². The highest BCUT2D eigenvalue weighted by atomic mass is 16.2. The zero-order valence-electron chi connectivity index (χ0n) is 13.2. The first-order valence-corrected chi connectivity index (χ1v) is 8.12. The average Bonchev–Trinajstić information content (AvgIpc) is 2.85. The molecule has 3 amide bonds. The van der Waals surface area contributed by atoms with E-state index in [0.29, 0.717) is 18.5 Å². The van der Waals surface area contributed by atoms with Crippen molar-refractivity contribution < 1.29 is 14.4 Å². The minimum Gasteiger partial charge on any atom is -0.384 e. The summed E-state index contributed by atoms with van der Waals surface area (Å²) in [5.41, 5.74) is 2.42. The Morgan fingerprint density at radius 2 is 2.13 bits per heavy atom. The number of hydrogen-bond donors (Lipinski definition) is 2. The molecule has 0 spiro atoms. The van der Waals surface area contributed by atoms with Crippen molar-refractivity contribution in [3.05, 3.63) is 29.3 Å². The van der Waals surface area contributed by atoms with Crippen molar-refractivity contribution >= 4 is 23.4 Å². The summed E-state index contributed by atoms with van der Waals surface area (Å²) in [6, 6.07) is 5.19. The van der Waals surface area contributed by atoms with Gasteiger partial charge in [0.1, 0.15) is 6.04 Å². The van der Waals surface area contributed by atoms with Crippen molar-refractivity contribution in [3.63, 3.8) is 0 Å². The van der Waals surface area contributed by atoms with Gasteiger partial charge in [-0.15, -0.1) is 0 Å². The summed E-state index contributed by atoms with van der Waals surface area (Å²) < 4.78 is 0. The summed E-state index contributed by atoms with van der Waals surface area (Å²) in [7, 11) is 0. The highest BCUT2D eigenvalue weighted by Gasteiger charge is 2.39. The minimum atomic E-state index is -0.559. The van der Waals surface area contributed by atoms with E-state index in [0.717, 1.165) is 30.6 Å². The molecule has 0 aromatic heterocycles. The second-order valence-electron chi connectivity index (χ2n) is 6.02. The summed E-state index contributed by atoms with van der Waals surface area (Å²) in [6.45, 7) is 3.36. The molecule has 2 heterocycles. The molecule has 1 aromatic rings. The molecule has 6 heteroatoms. The van der Waals surface area contributed by atoms with Gasteiger partial charge >= 0.3 is 0 Å². The molecule has 0 radical (unpaired) electrons. The molecule has 2 N–H and O–H groups in total. The van der Waals surface area contributed by atoms with E-state index in [1.807, 2.05) is 18.2 Å². The lowest BCUT2D eigenvalue weighted by Gasteiger charge is -2.29. The van der Waals surface area contributed by atoms with E-state index in [1.54, 1.807) is 4.90 Å². The normalized spacial score (nSPS) is 20.5. The lowest BCUT2D eigenvalue weighted by Crippen LogP contribution is -2.52. The Morgan fingerprint density at radius 3 is 2.87 bits per heavy atom. The quantitative estimate of drug-likeness (QED) is 0.640. The maximum Gasteiger partial charge on any atom is 0.257 e. The zero-order chi connectivity index (χ0) is 16.4. The molecule has 0 saturated carbocycles. The predicted octanol–water partition coefficient (Wildman–Crippen LogP) is 1.66. The Kier molecular flexibility index (Phi) is 4.32. The number of anilines is 1. The van der Waals surface area contributed by atoms with Gasteiger partial charge in [0.15, 0.2) is 0 Å². The van der Waals surface area contributed by atoms with Gasteiger partial charge in [-0.05, 0) is 24.5 Å². The number of carbonyl (C=O) groups excluding carboxylic acids is 3. The maximum atomic E-state index is 12.8. The van der Waals surface area contributed by atoms with E-state index < -0.39 is 6.04 Å². The van der Waals surface area contributed by atoms with Crippen LogP contribution < -0.4 is 10.6 Å². The van der Waals surface area contributed by atoms with E-state index in [2.05, 4.69) is 17.6 Å². The van der Waals surface area contributed by atoms with E-state index in [4.69, 9.17) is 0 Å². The van der Waals surface area contributed by atoms with Gasteiger partial charge in [0.25, 0.3) is 5.91 Å². The number of carbonyl (C=O) groups is 3. The monoisotopic (exact) mass is 315 g/mol. The van der Waals surface area contributed by atoms with Crippen LogP contribution in [0, 0.1) is 0 Å². The van der Waals surface area contributed by atoms with Crippen LogP contribution in [0.3, 0.4) is 0 Å². The number of nitrogens with zero attached hydrogens (tertiary/aromatic N) is 1. The summed E-state index contributed by atoms with van der Waals surface area (Å²) in [6.07, 6.45) is 2.79. The van der Waals surface area contributed by atoms with Gasteiger partial charge in [0, 0.05) is 25.2 Å². The first-order chi connectivity index (χ1) is 11.1. The minimum absolute atomic E-state index is 0.130. The van der Waals surface area contributed by atoms with E-state index in [1.165, 1.54) is 0 Å². The fourth-order valence-corrected chi connectivity index (χ4v) is 3.16. The summed E-state index contributed by atoms with van der Waals surface area (Å²) in [4.78, 5) is 37.7. The number of benzene rings is 1. The molecule has 122 valence electrons. The summed E-state index contributed by atoms with van der Waals surface area (Å²) in [5.74, 6) is -0.769. The SMILES string of the molecule is CCCCNc1cccc2c1C(=O)N(C1CCC(=O)NC1=O)C2. The summed E-state index contributed by atoms with van der Waals surface area (Å²) in [5, 5.41) is 5.64. The smallest absolute Gasteiger partial charge is 0.257 e. The Labute approximate surface area is 135 Å². The van der Waals surface area contributed by atoms with Crippen LogP contribution >= 0.6 is 0 Å². The van der Waals surface area contributed by atoms with Gasteiger partial charge in [-0.25, -0.2) is 0 Å². The van der Waals surface area contributed by atoms with E-state index in [9.17, 15) is 14.4 Å². The molecule has 23 heavy (non-hydrogen) atoms. The maximum absolute atomic E-state index is 12.8. The van der Waals surface area contributed by atoms with Crippen LogP contribution in [0.25, 0.3) is 0 Å². The average molecular weight is 315 g/mol. The highest BCUT2D eigenvalue weighted by molar-refractivity contribution is 6.07. The predicted molar refractivity (Wildman–Crippen MR) is 85.9 cm³/mol. The third-order valence-electron chi connectivity index (χ3n) is 4.40. The zero-order valence-corrected chi connectivity index (χ0v) is 13.2. The van der Waals surface area contributed by atoms with Crippen LogP contribution in [0.1, 0.15) is 48.5 Å². The number of nitrogens with one attached hydrogen (secondary N) is 2. The molecule has 2 aliphatic heterocycles. The van der Waals surface area contributed by atoms with Crippen molar-refractivity contribution in [2.75, 3.05) is 11.9 Å². The topological polar surface area (TPSA) is 78.5 Å². The molecule has 2 aliphatic rings. The molecular weight excluding hydrogens is 294 g/mol. The van der Waals surface area contributed by atoms with Crippen LogP contribution in [0.5, 0.6) is 0 Å². The lowest BCUT2D eigenvalue weighted by atomic mass is 10.0. The molecule has 1 aromatic carbocycles. The Bertz CT molecular complexity index is 656.